The van der Waals surface area contributed by atoms with Crippen LogP contribution in [0.1, 0.15) is 41.5 Å². The van der Waals surface area contributed by atoms with Crippen LogP contribution in [0.5, 0.6) is 0 Å². The maximum atomic E-state index is 13.1. The van der Waals surface area contributed by atoms with Gasteiger partial charge in [-0.15, -0.1) is 0 Å². The zero-order valence-corrected chi connectivity index (χ0v) is 62.6. The highest BCUT2D eigenvalue weighted by Gasteiger charge is 2.61. The van der Waals surface area contributed by atoms with Crippen molar-refractivity contribution < 1.29 is 227 Å². The third-order valence-corrected chi connectivity index (χ3v) is 20.7. The molecule has 45 atom stereocenters. The Morgan fingerprint density at radius 3 is 0.817 bits per heavy atom. The van der Waals surface area contributed by atoms with E-state index in [9.17, 15) is 142 Å². The number of hydrogen-bond acceptors (Lipinski definition) is 46. The molecule has 0 spiro atoms. The molecule has 0 radical (unpaired) electrons. The average Bonchev–Trinajstić information content (AvgIpc) is 0.772. The van der Waals surface area contributed by atoms with Crippen LogP contribution in [-0.2, 0) is 104 Å². The molecule has 9 heterocycles. The Hall–Kier alpha value is -3.80. The Kier molecular flexibility index (Phi) is 34.6. The largest absolute Gasteiger partial charge is 0.394 e. The monoisotopic (exact) mass is 1680 g/mol. The van der Waals surface area contributed by atoms with Gasteiger partial charge in [-0.2, -0.15) is 0 Å². The van der Waals surface area contributed by atoms with E-state index < -0.39 is 365 Å². The molecule has 666 valence electrons. The summed E-state index contributed by atoms with van der Waals surface area (Å²) in [7, 11) is 0. The van der Waals surface area contributed by atoms with Gasteiger partial charge in [-0.3, -0.25) is 19.2 Å². The minimum absolute atomic E-state index is 0.589. The second-order valence-electron chi connectivity index (χ2n) is 29.3. The first-order valence-electron chi connectivity index (χ1n) is 37.0. The Balaban J connectivity index is 1.06. The molecule has 9 fully saturated rings. The van der Waals surface area contributed by atoms with E-state index in [1.165, 1.54) is 0 Å². The van der Waals surface area contributed by atoms with Crippen LogP contribution in [0.15, 0.2) is 0 Å². The number of carbonyl (C=O) groups excluding carboxylic acids is 4. The van der Waals surface area contributed by atoms with E-state index >= 15 is 0 Å². The number of amides is 4. The van der Waals surface area contributed by atoms with E-state index in [-0.39, 0.29) is 0 Å². The van der Waals surface area contributed by atoms with Crippen LogP contribution in [-0.4, -0.2) is 488 Å². The van der Waals surface area contributed by atoms with Crippen LogP contribution in [0.4, 0.5) is 0 Å². The number of rotatable bonds is 31. The SMILES string of the molecule is CC(=O)N[C@H]1[C@H](O[C@H]2[C@H](O)[C@@H](NC(C)=O)[C@H](OC(C)C)O[C@@H]2CO)O[C@H](CO)[C@@H](O[C@@H]2O[C@H](CO[C@H]3O[C@H](CO)[C@@H](O)[C@H](O)[C@@H]3O[C@@H]3O[C@H](CO)[C@@H](O[C@@H]4O[C@H](CO)[C@H](O)[C@H](O)[C@H]4O)[C@H](O)[C@H]3NC(C)=O)[C@@H](O)[C@H](O[C@H]3O[C@H](CO)[C@@H](O)[C@H](O)[C@@H]3O[C@@H]3O[C@H](CO)[C@@H](O[C@@H]4O[C@H](CO)[C@H](O)[C@H](O)[C@H]4O)[C@H](O)[C@H]3NC(C)=O)[C@@H]2O)[C@@H]1O. The molecule has 50 heteroatoms. The van der Waals surface area contributed by atoms with Crippen LogP contribution in [0, 0.1) is 0 Å². The predicted octanol–water partition coefficient (Wildman–Crippen LogP) is -18.6. The van der Waals surface area contributed by atoms with Crippen molar-refractivity contribution in [3.8, 4) is 0 Å². The smallest absolute Gasteiger partial charge is 0.217 e. The molecule has 9 rings (SSSR count). The van der Waals surface area contributed by atoms with Gasteiger partial charge in [0.2, 0.25) is 23.6 Å². The molecule has 9 saturated heterocycles. The second kappa shape index (κ2) is 41.9. The van der Waals surface area contributed by atoms with Gasteiger partial charge in [-0.25, -0.2) is 0 Å². The Morgan fingerprint density at radius 2 is 0.496 bits per heavy atom. The molecule has 0 aromatic rings. The van der Waals surface area contributed by atoms with E-state index in [0.717, 1.165) is 27.7 Å². The molecule has 9 aliphatic heterocycles. The Morgan fingerprint density at radius 1 is 0.252 bits per heavy atom. The van der Waals surface area contributed by atoms with Crippen molar-refractivity contribution in [1.29, 1.82) is 0 Å². The predicted molar refractivity (Wildman–Crippen MR) is 357 cm³/mol. The van der Waals surface area contributed by atoms with Gasteiger partial charge in [-0.05, 0) is 13.8 Å². The van der Waals surface area contributed by atoms with Crippen molar-refractivity contribution >= 4 is 23.6 Å². The van der Waals surface area contributed by atoms with Crippen LogP contribution >= 0.6 is 0 Å². The summed E-state index contributed by atoms with van der Waals surface area (Å²) in [6, 6.07) is -7.17. The van der Waals surface area contributed by atoms with Gasteiger partial charge in [-0.1, -0.05) is 0 Å². The van der Waals surface area contributed by atoms with Crippen molar-refractivity contribution in [2.45, 2.75) is 324 Å². The van der Waals surface area contributed by atoms with Gasteiger partial charge in [0, 0.05) is 27.7 Å². The highest BCUT2D eigenvalue weighted by Crippen LogP contribution is 2.40. The summed E-state index contributed by atoms with van der Waals surface area (Å²) < 4.78 is 107. The van der Waals surface area contributed by atoms with Gasteiger partial charge in [0.1, 0.15) is 219 Å². The quantitative estimate of drug-likeness (QED) is 0.0306. The lowest BCUT2D eigenvalue weighted by Crippen LogP contribution is -2.71. The number of aliphatic hydroxyl groups excluding tert-OH is 24. The van der Waals surface area contributed by atoms with Crippen molar-refractivity contribution in [3.05, 3.63) is 0 Å². The molecule has 50 nitrogen and oxygen atoms in total. The highest BCUT2D eigenvalue weighted by atomic mass is 16.8. The van der Waals surface area contributed by atoms with Crippen LogP contribution in [0.25, 0.3) is 0 Å². The lowest BCUT2D eigenvalue weighted by Gasteiger charge is -2.51. The number of nitrogens with one attached hydrogen (secondary N) is 4. The second-order valence-corrected chi connectivity index (χ2v) is 29.3. The normalized spacial score (nSPS) is 48.0. The molecule has 115 heavy (non-hydrogen) atoms. The van der Waals surface area contributed by atoms with Crippen molar-refractivity contribution in [2.24, 2.45) is 0 Å². The lowest BCUT2D eigenvalue weighted by atomic mass is 9.93. The molecule has 0 unspecified atom stereocenters. The summed E-state index contributed by atoms with van der Waals surface area (Å²) in [4.78, 5) is 51.4. The van der Waals surface area contributed by atoms with E-state index in [0.29, 0.717) is 0 Å². The van der Waals surface area contributed by atoms with Crippen LogP contribution in [0.3, 0.4) is 0 Å². The summed E-state index contributed by atoms with van der Waals surface area (Å²) in [5, 5.41) is 277. The van der Waals surface area contributed by atoms with Gasteiger partial charge in [0.15, 0.2) is 56.6 Å². The van der Waals surface area contributed by atoms with Gasteiger partial charge >= 0.3 is 0 Å². The minimum atomic E-state index is -2.57. The summed E-state index contributed by atoms with van der Waals surface area (Å²) in [5.74, 6) is -3.49. The maximum Gasteiger partial charge on any atom is 0.217 e. The summed E-state index contributed by atoms with van der Waals surface area (Å²) in [5.41, 5.74) is 0. The summed E-state index contributed by atoms with van der Waals surface area (Å²) in [6.07, 6.45) is -84.6. The fourth-order valence-corrected chi connectivity index (χ4v) is 14.8. The van der Waals surface area contributed by atoms with E-state index in [1.54, 1.807) is 13.8 Å². The molecule has 0 aliphatic carbocycles. The maximum absolute atomic E-state index is 13.1. The number of ether oxygens (including phenoxy) is 18. The molecule has 0 aromatic carbocycles. The van der Waals surface area contributed by atoms with Crippen LogP contribution in [0.2, 0.25) is 0 Å². The van der Waals surface area contributed by atoms with Gasteiger partial charge in [0.05, 0.1) is 65.6 Å². The molecule has 0 saturated carbocycles. The highest BCUT2D eigenvalue weighted by molar-refractivity contribution is 5.74. The number of carbonyl (C=O) groups is 4. The minimum Gasteiger partial charge on any atom is -0.394 e. The van der Waals surface area contributed by atoms with Crippen molar-refractivity contribution in [1.82, 2.24) is 21.3 Å². The standard InChI is InChI=1S/C65H110N4O46/c1-16(2)99-57-30(66-17(3)78)39(87)50(25(11-74)104-57)109-58-31(67-18(4)79)40(88)53(28(14-77)105-58)112-63-49(97)54(113-65-56(46(94)37(85)24(10-73)103-65)115-60-33(69-20(6)81)42(90)52(27(13-76)107-60)111-62-48(96)44(92)35(83)22(8-71)101-62)38(86)29(108-63)15-98-64-55(45(93)36(84)23(9-72)102-64)114-59-32(68-19(5)80)41(89)51(26(12-75)106-59)110-61-47(95)43(91)34(82)21(7-70)100-61/h16,21-65,70-77,82-97H,7-15H2,1-6H3,(H,66,78)(H,67,79)(H,68,80)(H,69,81)/t21-,22-,23-,24-,25-,26-,27-,28-,29-,30-,31-,32-,33-,34+,35+,36-,37-,38-,39-,40-,41-,42-,43+,44+,45+,46+,47-,48-,49+,50-,51-,52-,53-,54+,55+,56+,57-,58+,59+,60+,61+,62+,63+,64+,65-/m1/s1. The van der Waals surface area contributed by atoms with Gasteiger partial charge in [0.25, 0.3) is 0 Å². The molecule has 9 aliphatic rings. The molecule has 0 bridgehead atoms. The first-order chi connectivity index (χ1) is 54.4. The molecule has 4 amide bonds. The zero-order valence-electron chi connectivity index (χ0n) is 62.6. The fraction of sp³-hybridized carbons (Fsp3) is 0.938. The van der Waals surface area contributed by atoms with Crippen LogP contribution < -0.4 is 21.3 Å². The topological polar surface area (TPSA) is 768 Å². The van der Waals surface area contributed by atoms with Crippen molar-refractivity contribution in [2.75, 3.05) is 59.5 Å². The van der Waals surface area contributed by atoms with Crippen molar-refractivity contribution in [3.63, 3.8) is 0 Å². The fourth-order valence-electron chi connectivity index (χ4n) is 14.8. The van der Waals surface area contributed by atoms with E-state index in [1.807, 2.05) is 0 Å². The number of aliphatic hydroxyl groups is 24. The third kappa shape index (κ3) is 21.5. The number of hydrogen-bond donors (Lipinski definition) is 28. The summed E-state index contributed by atoms with van der Waals surface area (Å²) in [6.45, 7) is -2.55. The van der Waals surface area contributed by atoms with E-state index in [2.05, 4.69) is 21.3 Å². The lowest BCUT2D eigenvalue weighted by molar-refractivity contribution is -0.399. The average molecular weight is 1680 g/mol. The third-order valence-electron chi connectivity index (χ3n) is 20.7. The first-order valence-corrected chi connectivity index (χ1v) is 37.0. The molecular formula is C65H110N4O46. The van der Waals surface area contributed by atoms with Gasteiger partial charge < -0.3 is 229 Å². The first kappa shape index (κ1) is 95.0. The summed E-state index contributed by atoms with van der Waals surface area (Å²) >= 11 is 0. The Bertz CT molecular complexity index is 3040. The molecule has 28 N–H and O–H groups in total. The zero-order chi connectivity index (χ0) is 84.8. The van der Waals surface area contributed by atoms with E-state index in [4.69, 9.17) is 85.3 Å². The Labute approximate surface area is 653 Å². The molecule has 0 aromatic heterocycles. The molecular weight excluding hydrogens is 1570 g/mol.